The molecular formula is C94H153NO18. The van der Waals surface area contributed by atoms with Gasteiger partial charge in [-0.25, -0.2) is 0 Å². The molecule has 12 N–H and O–H groups in total. The Balaban J connectivity index is 1.39. The molecule has 1 amide bonds. The molecule has 0 radical (unpaired) electrons. The minimum atomic E-state index is -2.00. The molecule has 0 saturated carbocycles. The highest BCUT2D eigenvalue weighted by atomic mass is 16.8. The zero-order valence-corrected chi connectivity index (χ0v) is 69.0. The van der Waals surface area contributed by atoms with Gasteiger partial charge in [0.15, 0.2) is 18.9 Å². The highest BCUT2D eigenvalue weighted by Crippen LogP contribution is 2.33. The molecule has 3 heterocycles. The number of amides is 1. The van der Waals surface area contributed by atoms with Crippen molar-refractivity contribution < 1.29 is 89.4 Å². The minimum Gasteiger partial charge on any atom is -0.394 e. The fraction of sp³-hybridized carbons (Fsp3) is 0.670. The van der Waals surface area contributed by atoms with E-state index in [0.717, 1.165) is 116 Å². The van der Waals surface area contributed by atoms with E-state index in [1.807, 2.05) is 6.08 Å². The minimum absolute atomic E-state index is 0.164. The quantitative estimate of drug-likeness (QED) is 0.0199. The lowest BCUT2D eigenvalue weighted by Crippen LogP contribution is -2.66. The first-order valence-electron chi connectivity index (χ1n) is 43.5. The number of ether oxygens (including phenoxy) is 6. The lowest BCUT2D eigenvalue weighted by Gasteiger charge is -2.48. The predicted octanol–water partition coefficient (Wildman–Crippen LogP) is 16.3. The van der Waals surface area contributed by atoms with Gasteiger partial charge in [-0.05, 0) is 135 Å². The van der Waals surface area contributed by atoms with E-state index in [1.165, 1.54) is 122 Å². The average molecular weight is 1590 g/mol. The van der Waals surface area contributed by atoms with E-state index in [0.29, 0.717) is 12.8 Å². The van der Waals surface area contributed by atoms with Crippen LogP contribution < -0.4 is 5.32 Å². The highest BCUT2D eigenvalue weighted by Gasteiger charge is 2.54. The summed E-state index contributed by atoms with van der Waals surface area (Å²) in [6, 6.07) is -1.04. The molecule has 0 spiro atoms. The van der Waals surface area contributed by atoms with Crippen molar-refractivity contribution in [2.45, 2.75) is 375 Å². The molecule has 19 heteroatoms. The number of allylic oxidation sites excluding steroid dienone is 29. The van der Waals surface area contributed by atoms with Gasteiger partial charge in [0, 0.05) is 6.42 Å². The largest absolute Gasteiger partial charge is 0.394 e. The number of carbonyl (C=O) groups excluding carboxylic acids is 1. The van der Waals surface area contributed by atoms with Crippen LogP contribution in [0.3, 0.4) is 0 Å². The van der Waals surface area contributed by atoms with Crippen LogP contribution in [0.1, 0.15) is 271 Å². The smallest absolute Gasteiger partial charge is 0.220 e. The number of unbranched alkanes of at least 4 members (excludes halogenated alkanes) is 23. The van der Waals surface area contributed by atoms with Gasteiger partial charge in [-0.2, -0.15) is 0 Å². The Bertz CT molecular complexity index is 2760. The molecular weight excluding hydrogens is 1430 g/mol. The summed E-state index contributed by atoms with van der Waals surface area (Å²) in [4.78, 5) is 13.5. The average Bonchev–Trinajstić information content (AvgIpc) is 0.780. The Hall–Kier alpha value is -5.11. The number of nitrogens with one attached hydrogen (secondary N) is 1. The fourth-order valence-electron chi connectivity index (χ4n) is 13.3. The van der Waals surface area contributed by atoms with Gasteiger partial charge >= 0.3 is 0 Å². The molecule has 3 rings (SSSR count). The standard InChI is InChI=1S/C94H153NO18/c1-3-5-7-9-11-13-15-17-19-21-23-25-27-29-31-33-34-35-36-37-38-39-40-41-42-44-46-48-50-52-54-56-58-60-62-64-66-68-70-72-82(100)95-77(78(99)71-69-67-65-63-61-59-57-55-53-51-49-47-45-43-32-30-28-26-24-22-20-18-16-14-12-10-8-6-4-2)76-108-92-88(106)85(103)90(80(74-97)110-92)113-94-89(107)86(104)91(81(75-98)111-94)112-93-87(105)84(102)83(101)79(73-96)109-93/h5,7,11,13,17,19,23,25,29,31,34-35,37-38,40-41,44,46,50,52-53,55-56,58,61-64,69,71,77-81,83-94,96-99,101-107H,3-4,6,8-10,12,14-16,18,20-22,24,26-28,30,32-33,36,39,42-43,45,47-49,51,54,57,59-60,65-68,70,72-76H2,1-2H3,(H,95,100)/b7-5-,13-11-,19-17-,25-23-,31-29-,35-34-,38-37-,41-40-,46-44-,52-50-,55-53+,58-56-,63-61+,64-62-,71-69+. The fourth-order valence-corrected chi connectivity index (χ4v) is 13.3. The third-order valence-electron chi connectivity index (χ3n) is 20.2. The zero-order chi connectivity index (χ0) is 81.7. The van der Waals surface area contributed by atoms with Crippen molar-refractivity contribution in [1.29, 1.82) is 0 Å². The van der Waals surface area contributed by atoms with Gasteiger partial charge in [-0.15, -0.1) is 0 Å². The van der Waals surface area contributed by atoms with Crippen molar-refractivity contribution in [3.63, 3.8) is 0 Å². The lowest BCUT2D eigenvalue weighted by atomic mass is 9.96. The van der Waals surface area contributed by atoms with Crippen LogP contribution in [0.25, 0.3) is 0 Å². The molecule has 642 valence electrons. The summed E-state index contributed by atoms with van der Waals surface area (Å²) < 4.78 is 34.4. The molecule has 0 aromatic rings. The molecule has 3 fully saturated rings. The first-order valence-corrected chi connectivity index (χ1v) is 43.5. The normalized spacial score (nSPS) is 25.8. The van der Waals surface area contributed by atoms with Gasteiger partial charge < -0.3 is 89.9 Å². The second kappa shape index (κ2) is 71.0. The third kappa shape index (κ3) is 49.7. The molecule has 0 aromatic heterocycles. The first kappa shape index (κ1) is 102. The first-order chi connectivity index (χ1) is 55.3. The number of carbonyl (C=O) groups is 1. The van der Waals surface area contributed by atoms with Crippen molar-refractivity contribution in [1.82, 2.24) is 5.32 Å². The van der Waals surface area contributed by atoms with Crippen molar-refractivity contribution in [3.05, 3.63) is 182 Å². The zero-order valence-electron chi connectivity index (χ0n) is 69.0. The molecule has 0 aliphatic carbocycles. The summed E-state index contributed by atoms with van der Waals surface area (Å²) in [6.45, 7) is 1.57. The van der Waals surface area contributed by atoms with Crippen LogP contribution in [0, 0.1) is 0 Å². The summed E-state index contributed by atoms with van der Waals surface area (Å²) in [7, 11) is 0. The van der Waals surface area contributed by atoms with Gasteiger partial charge in [0.05, 0.1) is 38.6 Å². The van der Waals surface area contributed by atoms with E-state index >= 15 is 0 Å². The third-order valence-corrected chi connectivity index (χ3v) is 20.2. The van der Waals surface area contributed by atoms with Crippen LogP contribution in [-0.4, -0.2) is 193 Å². The molecule has 0 aromatic carbocycles. The summed E-state index contributed by atoms with van der Waals surface area (Å²) >= 11 is 0. The molecule has 113 heavy (non-hydrogen) atoms. The Labute approximate surface area is 680 Å². The molecule has 17 unspecified atom stereocenters. The van der Waals surface area contributed by atoms with Crippen molar-refractivity contribution in [2.24, 2.45) is 0 Å². The predicted molar refractivity (Wildman–Crippen MR) is 456 cm³/mol. The highest BCUT2D eigenvalue weighted by molar-refractivity contribution is 5.76. The summed E-state index contributed by atoms with van der Waals surface area (Å²) in [6.07, 6.45) is 81.7. The topological polar surface area (TPSA) is 307 Å². The number of aliphatic hydroxyl groups is 11. The Morgan fingerprint density at radius 3 is 0.991 bits per heavy atom. The van der Waals surface area contributed by atoms with E-state index in [2.05, 4.69) is 189 Å². The summed E-state index contributed by atoms with van der Waals surface area (Å²) in [5.74, 6) is -0.338. The maximum absolute atomic E-state index is 13.5. The second-order valence-corrected chi connectivity index (χ2v) is 29.9. The molecule has 17 atom stereocenters. The van der Waals surface area contributed by atoms with Gasteiger partial charge in [-0.1, -0.05) is 312 Å². The van der Waals surface area contributed by atoms with Gasteiger partial charge in [0.25, 0.3) is 0 Å². The van der Waals surface area contributed by atoms with E-state index in [4.69, 9.17) is 28.4 Å². The molecule has 3 saturated heterocycles. The Morgan fingerprint density at radius 2 is 0.619 bits per heavy atom. The van der Waals surface area contributed by atoms with Crippen molar-refractivity contribution >= 4 is 5.91 Å². The van der Waals surface area contributed by atoms with Crippen LogP contribution in [-0.2, 0) is 33.2 Å². The van der Waals surface area contributed by atoms with Crippen LogP contribution >= 0.6 is 0 Å². The van der Waals surface area contributed by atoms with Gasteiger partial charge in [0.1, 0.15) is 73.2 Å². The van der Waals surface area contributed by atoms with E-state index in [1.54, 1.807) is 6.08 Å². The maximum Gasteiger partial charge on any atom is 0.220 e. The van der Waals surface area contributed by atoms with Crippen LogP contribution in [0.5, 0.6) is 0 Å². The van der Waals surface area contributed by atoms with Gasteiger partial charge in [-0.3, -0.25) is 4.79 Å². The van der Waals surface area contributed by atoms with Crippen molar-refractivity contribution in [3.8, 4) is 0 Å². The number of rotatable bonds is 67. The summed E-state index contributed by atoms with van der Waals surface area (Å²) in [5.41, 5.74) is 0. The van der Waals surface area contributed by atoms with Crippen LogP contribution in [0.4, 0.5) is 0 Å². The maximum atomic E-state index is 13.5. The van der Waals surface area contributed by atoms with Crippen LogP contribution in [0.2, 0.25) is 0 Å². The molecule has 3 aliphatic rings. The molecule has 3 aliphatic heterocycles. The number of hydrogen-bond acceptors (Lipinski definition) is 18. The Morgan fingerprint density at radius 1 is 0.327 bits per heavy atom. The SMILES string of the molecule is CC/C=C\C/C=C\C/C=C\C/C=C\C/C=C\C/C=C\C/C=C\C/C=C\C/C=C\C/C=C\C/C=C\C/C=C\CCCCC(=O)NC(COC1OC(CO)C(OC2OC(CO)C(OC3OC(CO)C(O)C(O)C3O)C(O)C2O)C(O)C1O)C(O)/C=C/CC/C=C/CC/C=C/CCCCCCCCCCCCCCCCCCCCC. The molecule has 0 bridgehead atoms. The lowest BCUT2D eigenvalue weighted by molar-refractivity contribution is -0.379. The monoisotopic (exact) mass is 1580 g/mol. The van der Waals surface area contributed by atoms with Crippen LogP contribution in [0.15, 0.2) is 182 Å². The number of hydrogen-bond donors (Lipinski definition) is 12. The van der Waals surface area contributed by atoms with Gasteiger partial charge in [0.2, 0.25) is 5.91 Å². The van der Waals surface area contributed by atoms with Crippen molar-refractivity contribution in [2.75, 3.05) is 26.4 Å². The Kier molecular flexibility index (Phi) is 64.2. The number of aliphatic hydroxyl groups excluding tert-OH is 11. The van der Waals surface area contributed by atoms with E-state index in [-0.39, 0.29) is 12.3 Å². The van der Waals surface area contributed by atoms with E-state index in [9.17, 15) is 61.0 Å². The van der Waals surface area contributed by atoms with E-state index < -0.39 is 131 Å². The summed E-state index contributed by atoms with van der Waals surface area (Å²) in [5, 5.41) is 121. The molecule has 19 nitrogen and oxygen atoms in total. The second-order valence-electron chi connectivity index (χ2n) is 29.9.